The van der Waals surface area contributed by atoms with Crippen LogP contribution in [0.3, 0.4) is 0 Å². The quantitative estimate of drug-likeness (QED) is 0.875. The van der Waals surface area contributed by atoms with Crippen molar-refractivity contribution >= 4 is 11.7 Å². The van der Waals surface area contributed by atoms with Crippen molar-refractivity contribution in [1.82, 2.24) is 20.4 Å². The first-order chi connectivity index (χ1) is 12.3. The molecule has 7 heteroatoms. The fourth-order valence-corrected chi connectivity index (χ4v) is 3.35. The molecule has 1 fully saturated rings. The fourth-order valence-electron chi connectivity index (χ4n) is 3.35. The lowest BCUT2D eigenvalue weighted by atomic mass is 10.0. The monoisotopic (exact) mass is 339 g/mol. The summed E-state index contributed by atoms with van der Waals surface area (Å²) in [5, 5.41) is 11.4. The number of fused-ring (bicyclic) bond motifs is 1. The summed E-state index contributed by atoms with van der Waals surface area (Å²) in [6.07, 6.45) is 1.67. The van der Waals surface area contributed by atoms with E-state index in [1.807, 2.05) is 41.3 Å². The van der Waals surface area contributed by atoms with Crippen molar-refractivity contribution in [3.8, 4) is 5.75 Å². The second-order valence-electron chi connectivity index (χ2n) is 6.17. The first-order valence-corrected chi connectivity index (χ1v) is 8.59. The van der Waals surface area contributed by atoms with Crippen molar-refractivity contribution in [3.05, 3.63) is 48.2 Å². The zero-order valence-electron chi connectivity index (χ0n) is 14.0. The largest absolute Gasteiger partial charge is 0.492 e. The molecule has 2 aliphatic heterocycles. The molecule has 0 aliphatic carbocycles. The Hall–Kier alpha value is -2.67. The minimum absolute atomic E-state index is 0.108. The summed E-state index contributed by atoms with van der Waals surface area (Å²) >= 11 is 0. The number of piperazine rings is 1. The number of anilines is 1. The van der Waals surface area contributed by atoms with Crippen LogP contribution < -0.4 is 15.0 Å². The van der Waals surface area contributed by atoms with E-state index >= 15 is 0 Å². The van der Waals surface area contributed by atoms with Crippen LogP contribution in [-0.4, -0.2) is 60.3 Å². The normalized spacial score (nSPS) is 20.4. The number of nitrogens with one attached hydrogen (secondary N) is 1. The number of carbonyl (C=O) groups is 1. The molecule has 0 radical (unpaired) electrons. The number of aromatic nitrogens is 2. The van der Waals surface area contributed by atoms with Crippen LogP contribution in [0.25, 0.3) is 0 Å². The zero-order valence-corrected chi connectivity index (χ0v) is 14.0. The van der Waals surface area contributed by atoms with Crippen LogP contribution in [-0.2, 0) is 4.79 Å². The molecule has 2 aromatic rings. The van der Waals surface area contributed by atoms with E-state index in [0.29, 0.717) is 26.2 Å². The van der Waals surface area contributed by atoms with Crippen LogP contribution in [0.5, 0.6) is 5.75 Å². The van der Waals surface area contributed by atoms with Crippen LogP contribution in [0.4, 0.5) is 5.82 Å². The molecule has 3 heterocycles. The highest BCUT2D eigenvalue weighted by molar-refractivity contribution is 5.84. The maximum Gasteiger partial charge on any atom is 0.244 e. The molecule has 0 spiro atoms. The Bertz CT molecular complexity index is 731. The molecule has 25 heavy (non-hydrogen) atoms. The molecular formula is C18H21N5O2. The van der Waals surface area contributed by atoms with Crippen molar-refractivity contribution in [2.24, 2.45) is 0 Å². The van der Waals surface area contributed by atoms with Gasteiger partial charge in [-0.1, -0.05) is 18.2 Å². The first kappa shape index (κ1) is 15.8. The molecule has 1 aromatic carbocycles. The summed E-state index contributed by atoms with van der Waals surface area (Å²) < 4.78 is 5.73. The third-order valence-corrected chi connectivity index (χ3v) is 4.66. The summed E-state index contributed by atoms with van der Waals surface area (Å²) in [7, 11) is 0. The standard InChI is InChI=1S/C18H21N5O2/c24-18(17-14-4-1-2-5-15(14)25-13-8-19-17)23-11-9-22(10-12-23)16-6-3-7-20-21-16/h1-7,17,19H,8-13H2. The highest BCUT2D eigenvalue weighted by Gasteiger charge is 2.31. The second-order valence-corrected chi connectivity index (χ2v) is 6.17. The van der Waals surface area contributed by atoms with E-state index in [-0.39, 0.29) is 11.9 Å². The molecule has 0 saturated carbocycles. The molecular weight excluding hydrogens is 318 g/mol. The van der Waals surface area contributed by atoms with Gasteiger partial charge in [0.25, 0.3) is 0 Å². The molecule has 130 valence electrons. The van der Waals surface area contributed by atoms with Gasteiger partial charge in [0.15, 0.2) is 5.82 Å². The summed E-state index contributed by atoms with van der Waals surface area (Å²) in [5.41, 5.74) is 0.918. The molecule has 7 nitrogen and oxygen atoms in total. The van der Waals surface area contributed by atoms with Gasteiger partial charge >= 0.3 is 0 Å². The van der Waals surface area contributed by atoms with Crippen LogP contribution in [0, 0.1) is 0 Å². The summed E-state index contributed by atoms with van der Waals surface area (Å²) in [5.74, 6) is 1.77. The Morgan fingerprint density at radius 1 is 1.12 bits per heavy atom. The van der Waals surface area contributed by atoms with Crippen LogP contribution >= 0.6 is 0 Å². The van der Waals surface area contributed by atoms with Gasteiger partial charge in [0.1, 0.15) is 18.4 Å². The minimum Gasteiger partial charge on any atom is -0.492 e. The number of benzene rings is 1. The Balaban J connectivity index is 1.46. The first-order valence-electron chi connectivity index (χ1n) is 8.59. The Morgan fingerprint density at radius 3 is 2.76 bits per heavy atom. The smallest absolute Gasteiger partial charge is 0.244 e. The van der Waals surface area contributed by atoms with E-state index in [1.54, 1.807) is 6.20 Å². The summed E-state index contributed by atoms with van der Waals surface area (Å²) in [4.78, 5) is 17.2. The minimum atomic E-state index is -0.346. The third-order valence-electron chi connectivity index (χ3n) is 4.66. The lowest BCUT2D eigenvalue weighted by Gasteiger charge is -2.36. The number of carbonyl (C=O) groups excluding carboxylic acids is 1. The predicted octanol–water partition coefficient (Wildman–Crippen LogP) is 0.848. The number of para-hydroxylation sites is 1. The van der Waals surface area contributed by atoms with Gasteiger partial charge in [0, 0.05) is 44.5 Å². The Labute approximate surface area is 146 Å². The number of ether oxygens (including phenoxy) is 1. The molecule has 1 unspecified atom stereocenters. The number of rotatable bonds is 2. The van der Waals surface area contributed by atoms with Gasteiger partial charge in [0.05, 0.1) is 0 Å². The average Bonchev–Trinajstić information content (AvgIpc) is 2.91. The lowest BCUT2D eigenvalue weighted by Crippen LogP contribution is -2.52. The lowest BCUT2D eigenvalue weighted by molar-refractivity contribution is -0.133. The summed E-state index contributed by atoms with van der Waals surface area (Å²) in [6.45, 7) is 4.10. The SMILES string of the molecule is O=C(C1NCCOc2ccccc21)N1CCN(c2cccnn2)CC1. The van der Waals surface area contributed by atoms with Crippen LogP contribution in [0.1, 0.15) is 11.6 Å². The van der Waals surface area contributed by atoms with E-state index in [0.717, 1.165) is 30.2 Å². The Kier molecular flexibility index (Phi) is 4.47. The highest BCUT2D eigenvalue weighted by atomic mass is 16.5. The van der Waals surface area contributed by atoms with Crippen LogP contribution in [0.15, 0.2) is 42.6 Å². The number of nitrogens with zero attached hydrogens (tertiary/aromatic N) is 4. The number of hydrogen-bond donors (Lipinski definition) is 1. The fraction of sp³-hybridized carbons (Fsp3) is 0.389. The maximum absolute atomic E-state index is 13.1. The van der Waals surface area contributed by atoms with Gasteiger partial charge in [-0.15, -0.1) is 5.10 Å². The number of hydrogen-bond acceptors (Lipinski definition) is 6. The predicted molar refractivity (Wildman–Crippen MR) is 93.5 cm³/mol. The van der Waals surface area contributed by atoms with Gasteiger partial charge in [-0.05, 0) is 18.2 Å². The van der Waals surface area contributed by atoms with Crippen molar-refractivity contribution in [2.45, 2.75) is 6.04 Å². The van der Waals surface area contributed by atoms with E-state index < -0.39 is 0 Å². The Morgan fingerprint density at radius 2 is 1.96 bits per heavy atom. The van der Waals surface area contributed by atoms with Gasteiger partial charge in [-0.25, -0.2) is 0 Å². The second kappa shape index (κ2) is 7.06. The van der Waals surface area contributed by atoms with Crippen LogP contribution in [0.2, 0.25) is 0 Å². The highest BCUT2D eigenvalue weighted by Crippen LogP contribution is 2.28. The van der Waals surface area contributed by atoms with Crippen molar-refractivity contribution in [2.75, 3.05) is 44.2 Å². The van der Waals surface area contributed by atoms with Crippen molar-refractivity contribution < 1.29 is 9.53 Å². The molecule has 4 rings (SSSR count). The topological polar surface area (TPSA) is 70.6 Å². The molecule has 0 bridgehead atoms. The van der Waals surface area contributed by atoms with E-state index in [1.165, 1.54) is 0 Å². The van der Waals surface area contributed by atoms with E-state index in [2.05, 4.69) is 20.4 Å². The van der Waals surface area contributed by atoms with Gasteiger partial charge in [-0.2, -0.15) is 5.10 Å². The maximum atomic E-state index is 13.1. The average molecular weight is 339 g/mol. The van der Waals surface area contributed by atoms with E-state index in [9.17, 15) is 4.79 Å². The van der Waals surface area contributed by atoms with Gasteiger partial charge in [-0.3, -0.25) is 10.1 Å². The van der Waals surface area contributed by atoms with E-state index in [4.69, 9.17) is 4.74 Å². The summed E-state index contributed by atoms with van der Waals surface area (Å²) in [6, 6.07) is 11.3. The van der Waals surface area contributed by atoms with Gasteiger partial charge < -0.3 is 14.5 Å². The molecule has 1 N–H and O–H groups in total. The molecule has 2 aliphatic rings. The molecule has 1 aromatic heterocycles. The van der Waals surface area contributed by atoms with Crippen molar-refractivity contribution in [3.63, 3.8) is 0 Å². The van der Waals surface area contributed by atoms with Crippen molar-refractivity contribution in [1.29, 1.82) is 0 Å². The van der Waals surface area contributed by atoms with Gasteiger partial charge in [0.2, 0.25) is 5.91 Å². The number of amides is 1. The zero-order chi connectivity index (χ0) is 17.1. The molecule has 1 amide bonds. The molecule has 1 atom stereocenters. The molecule has 1 saturated heterocycles. The third kappa shape index (κ3) is 3.28.